The highest BCUT2D eigenvalue weighted by Gasteiger charge is 2.22. The van der Waals surface area contributed by atoms with E-state index in [9.17, 15) is 4.79 Å². The van der Waals surface area contributed by atoms with Gasteiger partial charge in [-0.2, -0.15) is 0 Å². The van der Waals surface area contributed by atoms with Gasteiger partial charge in [0.25, 0.3) is 0 Å². The molecule has 1 atom stereocenters. The number of halogens is 1. The molecule has 2 aromatic rings. The number of carbonyl (C=O) groups excluding carboxylic acids is 1. The lowest BCUT2D eigenvalue weighted by Gasteiger charge is -2.23. The molecule has 0 bridgehead atoms. The molecular formula is C16H17ClN2O. The van der Waals surface area contributed by atoms with Crippen LogP contribution in [0.15, 0.2) is 54.6 Å². The molecule has 104 valence electrons. The van der Waals surface area contributed by atoms with Gasteiger partial charge in [0.05, 0.1) is 0 Å². The number of amides is 1. The molecule has 1 N–H and O–H groups in total. The highest BCUT2D eigenvalue weighted by Crippen LogP contribution is 2.21. The molecule has 2 rings (SSSR count). The van der Waals surface area contributed by atoms with Gasteiger partial charge in [-0.15, -0.1) is 0 Å². The molecule has 1 amide bonds. The second kappa shape index (κ2) is 6.55. The van der Waals surface area contributed by atoms with Gasteiger partial charge < -0.3 is 5.32 Å². The van der Waals surface area contributed by atoms with Crippen LogP contribution >= 0.6 is 11.6 Å². The highest BCUT2D eigenvalue weighted by atomic mass is 35.5. The number of hydrogen-bond acceptors (Lipinski definition) is 2. The molecule has 20 heavy (non-hydrogen) atoms. The van der Waals surface area contributed by atoms with Gasteiger partial charge in [0.2, 0.25) is 5.91 Å². The molecule has 0 aliphatic carbocycles. The molecule has 2 aromatic carbocycles. The van der Waals surface area contributed by atoms with Crippen molar-refractivity contribution in [3.05, 3.63) is 65.2 Å². The van der Waals surface area contributed by atoms with Crippen LogP contribution in [0.5, 0.6) is 0 Å². The molecule has 0 fully saturated rings. The summed E-state index contributed by atoms with van der Waals surface area (Å²) in [7, 11) is 3.78. The number of nitrogens with one attached hydrogen (secondary N) is 1. The van der Waals surface area contributed by atoms with E-state index in [1.807, 2.05) is 49.3 Å². The van der Waals surface area contributed by atoms with Crippen molar-refractivity contribution in [3.8, 4) is 0 Å². The lowest BCUT2D eigenvalue weighted by molar-refractivity contribution is -0.120. The maximum Gasteiger partial charge on any atom is 0.246 e. The number of rotatable bonds is 4. The van der Waals surface area contributed by atoms with Crippen molar-refractivity contribution in [2.45, 2.75) is 6.04 Å². The van der Waals surface area contributed by atoms with Gasteiger partial charge in [-0.05, 0) is 43.9 Å². The number of hydrogen-bond donors (Lipinski definition) is 1. The van der Waals surface area contributed by atoms with E-state index in [-0.39, 0.29) is 11.9 Å². The van der Waals surface area contributed by atoms with Gasteiger partial charge in [-0.25, -0.2) is 0 Å². The zero-order chi connectivity index (χ0) is 14.5. The quantitative estimate of drug-likeness (QED) is 0.932. The molecule has 0 aliphatic heterocycles. The lowest BCUT2D eigenvalue weighted by atomic mass is 10.1. The third kappa shape index (κ3) is 3.59. The Morgan fingerprint density at radius 3 is 2.20 bits per heavy atom. The molecule has 0 heterocycles. The summed E-state index contributed by atoms with van der Waals surface area (Å²) >= 11 is 5.84. The standard InChI is InChI=1S/C16H17ClN2O/c1-19(2)15(12-6-4-3-5-7-12)16(20)18-14-10-8-13(17)9-11-14/h3-11,15H,1-2H3,(H,18,20)/t15-/m0/s1. The van der Waals surface area contributed by atoms with Gasteiger partial charge in [0, 0.05) is 10.7 Å². The molecule has 0 unspecified atom stereocenters. The first-order valence-electron chi connectivity index (χ1n) is 6.36. The Bertz CT molecular complexity index is 567. The maximum atomic E-state index is 12.5. The smallest absolute Gasteiger partial charge is 0.246 e. The summed E-state index contributed by atoms with van der Waals surface area (Å²) < 4.78 is 0. The molecular weight excluding hydrogens is 272 g/mol. The van der Waals surface area contributed by atoms with E-state index in [1.54, 1.807) is 24.3 Å². The van der Waals surface area contributed by atoms with Crippen molar-refractivity contribution in [1.82, 2.24) is 4.90 Å². The number of anilines is 1. The minimum atomic E-state index is -0.327. The van der Waals surface area contributed by atoms with Crippen molar-refractivity contribution >= 4 is 23.2 Å². The second-order valence-corrected chi connectivity index (χ2v) is 5.21. The number of carbonyl (C=O) groups is 1. The first kappa shape index (κ1) is 14.6. The summed E-state index contributed by atoms with van der Waals surface area (Å²) in [5, 5.41) is 3.56. The Labute approximate surface area is 124 Å². The Hall–Kier alpha value is -1.84. The zero-order valence-corrected chi connectivity index (χ0v) is 12.3. The first-order chi connectivity index (χ1) is 9.58. The first-order valence-corrected chi connectivity index (χ1v) is 6.73. The van der Waals surface area contributed by atoms with E-state index in [1.165, 1.54) is 0 Å². The van der Waals surface area contributed by atoms with Gasteiger partial charge in [0.15, 0.2) is 0 Å². The average Bonchev–Trinajstić information content (AvgIpc) is 2.42. The Kier molecular flexibility index (Phi) is 4.77. The minimum Gasteiger partial charge on any atom is -0.324 e. The summed E-state index contributed by atoms with van der Waals surface area (Å²) in [6, 6.07) is 16.5. The van der Waals surface area contributed by atoms with Crippen LogP contribution in [0, 0.1) is 0 Å². The summed E-state index contributed by atoms with van der Waals surface area (Å²) in [6.45, 7) is 0. The van der Waals surface area contributed by atoms with Gasteiger partial charge in [0.1, 0.15) is 6.04 Å². The molecule has 0 saturated heterocycles. The third-order valence-corrected chi connectivity index (χ3v) is 3.24. The van der Waals surface area contributed by atoms with Crippen LogP contribution in [0.4, 0.5) is 5.69 Å². The SMILES string of the molecule is CN(C)[C@H](C(=O)Nc1ccc(Cl)cc1)c1ccccc1. The van der Waals surface area contributed by atoms with E-state index in [4.69, 9.17) is 11.6 Å². The van der Waals surface area contributed by atoms with E-state index in [2.05, 4.69) is 5.32 Å². The van der Waals surface area contributed by atoms with Crippen molar-refractivity contribution in [2.75, 3.05) is 19.4 Å². The van der Waals surface area contributed by atoms with E-state index in [0.29, 0.717) is 5.02 Å². The van der Waals surface area contributed by atoms with E-state index >= 15 is 0 Å². The monoisotopic (exact) mass is 288 g/mol. The molecule has 4 heteroatoms. The van der Waals surface area contributed by atoms with Crippen LogP contribution in [-0.4, -0.2) is 24.9 Å². The topological polar surface area (TPSA) is 32.3 Å². The fourth-order valence-corrected chi connectivity index (χ4v) is 2.19. The predicted octanol–water partition coefficient (Wildman–Crippen LogP) is 3.58. The van der Waals surface area contributed by atoms with Crippen molar-refractivity contribution < 1.29 is 4.79 Å². The zero-order valence-electron chi connectivity index (χ0n) is 11.5. The van der Waals surface area contributed by atoms with Crippen molar-refractivity contribution in [3.63, 3.8) is 0 Å². The lowest BCUT2D eigenvalue weighted by Crippen LogP contribution is -2.32. The van der Waals surface area contributed by atoms with E-state index < -0.39 is 0 Å². The number of likely N-dealkylation sites (N-methyl/N-ethyl adjacent to an activating group) is 1. The summed E-state index contributed by atoms with van der Waals surface area (Å²) in [4.78, 5) is 14.3. The Balaban J connectivity index is 2.18. The third-order valence-electron chi connectivity index (χ3n) is 2.99. The van der Waals surface area contributed by atoms with E-state index in [0.717, 1.165) is 11.3 Å². The number of benzene rings is 2. The van der Waals surface area contributed by atoms with Crippen molar-refractivity contribution in [1.29, 1.82) is 0 Å². The van der Waals surface area contributed by atoms with Crippen LogP contribution < -0.4 is 5.32 Å². The van der Waals surface area contributed by atoms with Crippen LogP contribution in [0.2, 0.25) is 5.02 Å². The Morgan fingerprint density at radius 2 is 1.65 bits per heavy atom. The Morgan fingerprint density at radius 1 is 1.05 bits per heavy atom. The minimum absolute atomic E-state index is 0.0662. The summed E-state index contributed by atoms with van der Waals surface area (Å²) in [5.74, 6) is -0.0662. The van der Waals surface area contributed by atoms with Crippen LogP contribution in [0.25, 0.3) is 0 Å². The van der Waals surface area contributed by atoms with Gasteiger partial charge in [-0.3, -0.25) is 9.69 Å². The maximum absolute atomic E-state index is 12.5. The second-order valence-electron chi connectivity index (χ2n) is 4.77. The van der Waals surface area contributed by atoms with Crippen LogP contribution in [0.1, 0.15) is 11.6 Å². The molecule has 0 saturated carbocycles. The summed E-state index contributed by atoms with van der Waals surface area (Å²) in [5.41, 5.74) is 1.70. The predicted molar refractivity (Wildman–Crippen MR) is 83.0 cm³/mol. The summed E-state index contributed by atoms with van der Waals surface area (Å²) in [6.07, 6.45) is 0. The average molecular weight is 289 g/mol. The molecule has 0 aliphatic rings. The van der Waals surface area contributed by atoms with Crippen molar-refractivity contribution in [2.24, 2.45) is 0 Å². The van der Waals surface area contributed by atoms with Gasteiger partial charge >= 0.3 is 0 Å². The molecule has 0 radical (unpaired) electrons. The van der Waals surface area contributed by atoms with Crippen LogP contribution in [-0.2, 0) is 4.79 Å². The van der Waals surface area contributed by atoms with Gasteiger partial charge in [-0.1, -0.05) is 41.9 Å². The number of nitrogens with zero attached hydrogens (tertiary/aromatic N) is 1. The normalized spacial score (nSPS) is 12.2. The largest absolute Gasteiger partial charge is 0.324 e. The molecule has 3 nitrogen and oxygen atoms in total. The fourth-order valence-electron chi connectivity index (χ4n) is 2.06. The molecule has 0 spiro atoms. The highest BCUT2D eigenvalue weighted by molar-refractivity contribution is 6.30. The van der Waals surface area contributed by atoms with Crippen LogP contribution in [0.3, 0.4) is 0 Å². The molecule has 0 aromatic heterocycles. The fraction of sp³-hybridized carbons (Fsp3) is 0.188.